The SMILES string of the molecule is CCCCC(=O)N1CSCC1C(=O)NCC(OC)C(=O)O. The van der Waals surface area contributed by atoms with Crippen molar-refractivity contribution in [2.75, 3.05) is 25.3 Å². The number of rotatable bonds is 8. The predicted octanol–water partition coefficient (Wildman–Crippen LogP) is 0.294. The van der Waals surface area contributed by atoms with E-state index in [1.807, 2.05) is 6.92 Å². The smallest absolute Gasteiger partial charge is 0.334 e. The van der Waals surface area contributed by atoms with Gasteiger partial charge in [-0.3, -0.25) is 9.59 Å². The van der Waals surface area contributed by atoms with Crippen LogP contribution >= 0.6 is 11.8 Å². The van der Waals surface area contributed by atoms with Gasteiger partial charge in [-0.2, -0.15) is 0 Å². The number of hydrogen-bond acceptors (Lipinski definition) is 5. The maximum absolute atomic E-state index is 12.1. The third kappa shape index (κ3) is 5.20. The Kier molecular flexibility index (Phi) is 7.52. The van der Waals surface area contributed by atoms with E-state index in [1.54, 1.807) is 4.90 Å². The molecule has 2 amide bonds. The van der Waals surface area contributed by atoms with Crippen LogP contribution in [0.2, 0.25) is 0 Å². The minimum absolute atomic E-state index is 0.0245. The van der Waals surface area contributed by atoms with Crippen LogP contribution in [-0.4, -0.2) is 65.2 Å². The Morgan fingerprint density at radius 2 is 2.19 bits per heavy atom. The van der Waals surface area contributed by atoms with E-state index in [1.165, 1.54) is 18.9 Å². The number of unbranched alkanes of at least 4 members (excludes halogenated alkanes) is 1. The van der Waals surface area contributed by atoms with Gasteiger partial charge < -0.3 is 20.1 Å². The van der Waals surface area contributed by atoms with Crippen LogP contribution in [0.15, 0.2) is 0 Å². The first-order valence-electron chi connectivity index (χ1n) is 6.91. The minimum atomic E-state index is -1.13. The molecule has 7 nitrogen and oxygen atoms in total. The lowest BCUT2D eigenvalue weighted by Gasteiger charge is -2.23. The molecule has 1 aliphatic rings. The summed E-state index contributed by atoms with van der Waals surface area (Å²) < 4.78 is 4.75. The van der Waals surface area contributed by atoms with Crippen molar-refractivity contribution in [1.82, 2.24) is 10.2 Å². The molecule has 0 radical (unpaired) electrons. The van der Waals surface area contributed by atoms with Crippen LogP contribution in [0.25, 0.3) is 0 Å². The van der Waals surface area contributed by atoms with Gasteiger partial charge in [0.1, 0.15) is 6.04 Å². The maximum atomic E-state index is 12.1. The molecule has 0 bridgehead atoms. The molecule has 1 heterocycles. The van der Waals surface area contributed by atoms with Crippen molar-refractivity contribution in [2.24, 2.45) is 0 Å². The zero-order valence-corrected chi connectivity index (χ0v) is 13.1. The average molecular weight is 318 g/mol. The fraction of sp³-hybridized carbons (Fsp3) is 0.769. The molecule has 0 spiro atoms. The fourth-order valence-electron chi connectivity index (χ4n) is 1.96. The van der Waals surface area contributed by atoms with Crippen LogP contribution < -0.4 is 5.32 Å². The molecule has 120 valence electrons. The molecule has 1 rings (SSSR count). The molecule has 1 aliphatic heterocycles. The molecule has 0 aliphatic carbocycles. The number of aliphatic carboxylic acids is 1. The van der Waals surface area contributed by atoms with Gasteiger partial charge in [0.05, 0.1) is 12.4 Å². The molecule has 0 aromatic heterocycles. The second kappa shape index (κ2) is 8.89. The Hall–Kier alpha value is -1.28. The van der Waals surface area contributed by atoms with Crippen molar-refractivity contribution >= 4 is 29.5 Å². The van der Waals surface area contributed by atoms with E-state index >= 15 is 0 Å². The number of ether oxygens (including phenoxy) is 1. The first kappa shape index (κ1) is 17.8. The Bertz CT molecular complexity index is 391. The molecule has 21 heavy (non-hydrogen) atoms. The molecule has 2 unspecified atom stereocenters. The van der Waals surface area contributed by atoms with Crippen LogP contribution in [-0.2, 0) is 19.1 Å². The number of hydrogen-bond donors (Lipinski definition) is 2. The zero-order chi connectivity index (χ0) is 15.8. The van der Waals surface area contributed by atoms with Crippen molar-refractivity contribution in [3.8, 4) is 0 Å². The lowest BCUT2D eigenvalue weighted by molar-refractivity contribution is -0.148. The molecule has 1 fully saturated rings. The summed E-state index contributed by atoms with van der Waals surface area (Å²) in [5.41, 5.74) is 0. The van der Waals surface area contributed by atoms with E-state index in [0.29, 0.717) is 18.1 Å². The summed E-state index contributed by atoms with van der Waals surface area (Å²) in [6, 6.07) is -0.523. The van der Waals surface area contributed by atoms with Crippen molar-refractivity contribution in [2.45, 2.75) is 38.3 Å². The highest BCUT2D eigenvalue weighted by atomic mass is 32.2. The molecule has 2 atom stereocenters. The topological polar surface area (TPSA) is 95.9 Å². The maximum Gasteiger partial charge on any atom is 0.334 e. The van der Waals surface area contributed by atoms with Gasteiger partial charge in [-0.05, 0) is 6.42 Å². The van der Waals surface area contributed by atoms with Gasteiger partial charge in [0.15, 0.2) is 6.10 Å². The predicted molar refractivity (Wildman–Crippen MR) is 78.9 cm³/mol. The summed E-state index contributed by atoms with van der Waals surface area (Å²) in [6.45, 7) is 1.90. The Morgan fingerprint density at radius 3 is 2.76 bits per heavy atom. The van der Waals surface area contributed by atoms with Crippen molar-refractivity contribution in [3.05, 3.63) is 0 Å². The van der Waals surface area contributed by atoms with Crippen LogP contribution in [0.5, 0.6) is 0 Å². The summed E-state index contributed by atoms with van der Waals surface area (Å²) in [7, 11) is 1.27. The number of methoxy groups -OCH3 is 1. The van der Waals surface area contributed by atoms with Gasteiger partial charge >= 0.3 is 5.97 Å². The molecule has 0 saturated carbocycles. The summed E-state index contributed by atoms with van der Waals surface area (Å²) in [4.78, 5) is 36.5. The first-order chi connectivity index (χ1) is 10.0. The highest BCUT2D eigenvalue weighted by Gasteiger charge is 2.34. The number of carboxylic acid groups (broad SMARTS) is 1. The van der Waals surface area contributed by atoms with Gasteiger partial charge in [0.25, 0.3) is 0 Å². The summed E-state index contributed by atoms with van der Waals surface area (Å²) >= 11 is 1.52. The summed E-state index contributed by atoms with van der Waals surface area (Å²) in [5, 5.41) is 11.4. The number of carbonyl (C=O) groups excluding carboxylic acids is 2. The van der Waals surface area contributed by atoms with Crippen molar-refractivity contribution < 1.29 is 24.2 Å². The number of carboxylic acids is 1. The second-order valence-electron chi connectivity index (χ2n) is 4.79. The molecule has 1 saturated heterocycles. The van der Waals surface area contributed by atoms with Crippen molar-refractivity contribution in [3.63, 3.8) is 0 Å². The van der Waals surface area contributed by atoms with Crippen molar-refractivity contribution in [1.29, 1.82) is 0 Å². The van der Waals surface area contributed by atoms with Crippen LogP contribution in [0.3, 0.4) is 0 Å². The number of amides is 2. The zero-order valence-electron chi connectivity index (χ0n) is 12.3. The molecule has 0 aromatic rings. The van der Waals surface area contributed by atoms with E-state index in [0.717, 1.165) is 12.8 Å². The lowest BCUT2D eigenvalue weighted by Crippen LogP contribution is -2.49. The van der Waals surface area contributed by atoms with Crippen LogP contribution in [0.4, 0.5) is 0 Å². The van der Waals surface area contributed by atoms with Gasteiger partial charge in [-0.25, -0.2) is 4.79 Å². The Labute approximate surface area is 128 Å². The second-order valence-corrected chi connectivity index (χ2v) is 5.79. The number of nitrogens with one attached hydrogen (secondary N) is 1. The van der Waals surface area contributed by atoms with Gasteiger partial charge in [0, 0.05) is 19.3 Å². The van der Waals surface area contributed by atoms with E-state index in [4.69, 9.17) is 9.84 Å². The molecule has 8 heteroatoms. The van der Waals surface area contributed by atoms with E-state index < -0.39 is 18.1 Å². The van der Waals surface area contributed by atoms with Crippen LogP contribution in [0.1, 0.15) is 26.2 Å². The highest BCUT2D eigenvalue weighted by molar-refractivity contribution is 7.99. The Morgan fingerprint density at radius 1 is 1.48 bits per heavy atom. The molecular weight excluding hydrogens is 296 g/mol. The fourth-order valence-corrected chi connectivity index (χ4v) is 3.14. The van der Waals surface area contributed by atoms with E-state index in [2.05, 4.69) is 5.32 Å². The third-order valence-corrected chi connectivity index (χ3v) is 4.28. The third-order valence-electron chi connectivity index (χ3n) is 3.27. The monoisotopic (exact) mass is 318 g/mol. The van der Waals surface area contributed by atoms with E-state index in [-0.39, 0.29) is 18.4 Å². The van der Waals surface area contributed by atoms with Gasteiger partial charge in [-0.15, -0.1) is 11.8 Å². The summed E-state index contributed by atoms with van der Waals surface area (Å²) in [5.74, 6) is -0.437. The number of nitrogens with zero attached hydrogens (tertiary/aromatic N) is 1. The first-order valence-corrected chi connectivity index (χ1v) is 8.07. The Balaban J connectivity index is 2.52. The quantitative estimate of drug-likeness (QED) is 0.668. The highest BCUT2D eigenvalue weighted by Crippen LogP contribution is 2.22. The number of thioether (sulfide) groups is 1. The molecule has 0 aromatic carbocycles. The van der Waals surface area contributed by atoms with Crippen LogP contribution in [0, 0.1) is 0 Å². The van der Waals surface area contributed by atoms with Gasteiger partial charge in [-0.1, -0.05) is 13.3 Å². The molecular formula is C13H22N2O5S. The normalized spacial score (nSPS) is 19.3. The minimum Gasteiger partial charge on any atom is -0.479 e. The standard InChI is InChI=1S/C13H22N2O5S/c1-3-4-5-11(16)15-8-21-7-9(15)12(17)14-6-10(20-2)13(18)19/h9-10H,3-8H2,1-2H3,(H,14,17)(H,18,19). The largest absolute Gasteiger partial charge is 0.479 e. The van der Waals surface area contributed by atoms with E-state index in [9.17, 15) is 14.4 Å². The average Bonchev–Trinajstić information content (AvgIpc) is 2.94. The summed E-state index contributed by atoms with van der Waals surface area (Å²) in [6.07, 6.45) is 1.10. The van der Waals surface area contributed by atoms with Gasteiger partial charge in [0.2, 0.25) is 11.8 Å². The number of carbonyl (C=O) groups is 3. The lowest BCUT2D eigenvalue weighted by atomic mass is 10.2. The molecule has 2 N–H and O–H groups in total.